The van der Waals surface area contributed by atoms with Crippen LogP contribution in [0.5, 0.6) is 0 Å². The van der Waals surface area contributed by atoms with Crippen molar-refractivity contribution in [3.05, 3.63) is 83.3 Å². The van der Waals surface area contributed by atoms with Crippen molar-refractivity contribution >= 4 is 34.7 Å². The second-order valence-electron chi connectivity index (χ2n) is 5.03. The molecular weight excluding hydrogens is 329 g/mol. The molecule has 0 aliphatic carbocycles. The molecule has 2 N–H and O–H groups in total. The van der Waals surface area contributed by atoms with Crippen LogP contribution in [0, 0.1) is 5.82 Å². The number of nitrogens with zero attached hydrogens (tertiary/aromatic N) is 1. The average Bonchev–Trinajstić information content (AvgIpc) is 2.57. The molecule has 0 radical (unpaired) electrons. The minimum absolute atomic E-state index is 0.273. The van der Waals surface area contributed by atoms with Crippen LogP contribution >= 0.6 is 11.6 Å². The molecule has 4 nitrogen and oxygen atoms in total. The zero-order chi connectivity index (χ0) is 16.9. The minimum atomic E-state index is -0.328. The van der Waals surface area contributed by atoms with E-state index in [2.05, 4.69) is 15.6 Å². The van der Waals surface area contributed by atoms with E-state index in [0.717, 1.165) is 0 Å². The maximum atomic E-state index is 13.1. The highest BCUT2D eigenvalue weighted by Crippen LogP contribution is 2.18. The lowest BCUT2D eigenvalue weighted by Crippen LogP contribution is -2.12. The van der Waals surface area contributed by atoms with E-state index in [0.29, 0.717) is 27.8 Å². The molecule has 6 heteroatoms. The Morgan fingerprint density at radius 1 is 1.00 bits per heavy atom. The SMILES string of the molecule is O=C(Nc1ccc(Nc2cccc(F)c2)nc1)c1cccc(Cl)c1. The summed E-state index contributed by atoms with van der Waals surface area (Å²) < 4.78 is 13.1. The highest BCUT2D eigenvalue weighted by molar-refractivity contribution is 6.31. The number of halogens is 2. The van der Waals surface area contributed by atoms with E-state index in [-0.39, 0.29) is 11.7 Å². The number of hydrogen-bond acceptors (Lipinski definition) is 3. The van der Waals surface area contributed by atoms with Crippen LogP contribution in [0.4, 0.5) is 21.6 Å². The van der Waals surface area contributed by atoms with Crippen LogP contribution in [0.2, 0.25) is 5.02 Å². The number of hydrogen-bond donors (Lipinski definition) is 2. The molecule has 0 aliphatic rings. The van der Waals surface area contributed by atoms with Crippen molar-refractivity contribution in [1.82, 2.24) is 4.98 Å². The van der Waals surface area contributed by atoms with Gasteiger partial charge in [0.05, 0.1) is 11.9 Å². The van der Waals surface area contributed by atoms with Crippen molar-refractivity contribution < 1.29 is 9.18 Å². The summed E-state index contributed by atoms with van der Waals surface area (Å²) in [6.07, 6.45) is 1.52. The Labute approximate surface area is 143 Å². The van der Waals surface area contributed by atoms with Crippen molar-refractivity contribution in [2.24, 2.45) is 0 Å². The van der Waals surface area contributed by atoms with Gasteiger partial charge in [-0.05, 0) is 48.5 Å². The molecule has 3 aromatic rings. The van der Waals surface area contributed by atoms with Gasteiger partial charge < -0.3 is 10.6 Å². The maximum absolute atomic E-state index is 13.1. The van der Waals surface area contributed by atoms with Crippen LogP contribution in [0.15, 0.2) is 66.9 Å². The summed E-state index contributed by atoms with van der Waals surface area (Å²) >= 11 is 5.87. The molecule has 24 heavy (non-hydrogen) atoms. The Balaban J connectivity index is 1.67. The van der Waals surface area contributed by atoms with Crippen LogP contribution in [-0.4, -0.2) is 10.9 Å². The highest BCUT2D eigenvalue weighted by atomic mass is 35.5. The fourth-order valence-corrected chi connectivity index (χ4v) is 2.28. The van der Waals surface area contributed by atoms with Gasteiger partial charge in [0.1, 0.15) is 11.6 Å². The van der Waals surface area contributed by atoms with Gasteiger partial charge >= 0.3 is 0 Å². The third-order valence-electron chi connectivity index (χ3n) is 3.21. The van der Waals surface area contributed by atoms with Crippen LogP contribution in [0.25, 0.3) is 0 Å². The predicted octanol–water partition coefficient (Wildman–Crippen LogP) is 4.87. The van der Waals surface area contributed by atoms with Crippen molar-refractivity contribution in [3.63, 3.8) is 0 Å². The van der Waals surface area contributed by atoms with Crippen molar-refractivity contribution in [2.45, 2.75) is 0 Å². The second-order valence-corrected chi connectivity index (χ2v) is 5.47. The van der Waals surface area contributed by atoms with Crippen molar-refractivity contribution in [2.75, 3.05) is 10.6 Å². The fourth-order valence-electron chi connectivity index (χ4n) is 2.09. The number of carbonyl (C=O) groups is 1. The zero-order valence-corrected chi connectivity index (χ0v) is 13.2. The lowest BCUT2D eigenvalue weighted by Gasteiger charge is -2.08. The summed E-state index contributed by atoms with van der Waals surface area (Å²) in [6, 6.07) is 16.2. The van der Waals surface area contributed by atoms with Crippen molar-refractivity contribution in [1.29, 1.82) is 0 Å². The van der Waals surface area contributed by atoms with Gasteiger partial charge in [-0.15, -0.1) is 0 Å². The molecule has 0 bridgehead atoms. The highest BCUT2D eigenvalue weighted by Gasteiger charge is 2.07. The van der Waals surface area contributed by atoms with E-state index >= 15 is 0 Å². The zero-order valence-electron chi connectivity index (χ0n) is 12.5. The van der Waals surface area contributed by atoms with Crippen LogP contribution < -0.4 is 10.6 Å². The first-order valence-electron chi connectivity index (χ1n) is 7.16. The molecule has 0 saturated heterocycles. The molecule has 120 valence electrons. The summed E-state index contributed by atoms with van der Waals surface area (Å²) in [7, 11) is 0. The number of aromatic nitrogens is 1. The lowest BCUT2D eigenvalue weighted by molar-refractivity contribution is 0.102. The summed E-state index contributed by atoms with van der Waals surface area (Å²) in [6.45, 7) is 0. The Hall–Kier alpha value is -2.92. The molecule has 1 heterocycles. The minimum Gasteiger partial charge on any atom is -0.340 e. The Morgan fingerprint density at radius 3 is 2.54 bits per heavy atom. The number of rotatable bonds is 4. The quantitative estimate of drug-likeness (QED) is 0.711. The molecule has 0 saturated carbocycles. The van der Waals surface area contributed by atoms with E-state index in [9.17, 15) is 9.18 Å². The average molecular weight is 342 g/mol. The van der Waals surface area contributed by atoms with Crippen molar-refractivity contribution in [3.8, 4) is 0 Å². The first-order chi connectivity index (χ1) is 11.6. The number of carbonyl (C=O) groups excluding carboxylic acids is 1. The predicted molar refractivity (Wildman–Crippen MR) is 93.3 cm³/mol. The van der Waals surface area contributed by atoms with Gasteiger partial charge in [0, 0.05) is 16.3 Å². The number of anilines is 3. The topological polar surface area (TPSA) is 54.0 Å². The Kier molecular flexibility index (Phi) is 4.72. The van der Waals surface area contributed by atoms with E-state index in [4.69, 9.17) is 11.6 Å². The molecule has 1 aromatic heterocycles. The fraction of sp³-hybridized carbons (Fsp3) is 0. The molecule has 0 unspecified atom stereocenters. The molecule has 0 fully saturated rings. The molecule has 2 aromatic carbocycles. The maximum Gasteiger partial charge on any atom is 0.255 e. The second kappa shape index (κ2) is 7.10. The standard InChI is InChI=1S/C18H13ClFN3O/c19-13-4-1-3-12(9-13)18(24)23-16-7-8-17(21-11-16)22-15-6-2-5-14(20)10-15/h1-11H,(H,21,22)(H,23,24). The number of amides is 1. The van der Waals surface area contributed by atoms with Gasteiger partial charge in [0.2, 0.25) is 0 Å². The van der Waals surface area contributed by atoms with Gasteiger partial charge in [-0.2, -0.15) is 0 Å². The van der Waals surface area contributed by atoms with Crippen LogP contribution in [0.1, 0.15) is 10.4 Å². The monoisotopic (exact) mass is 341 g/mol. The normalized spacial score (nSPS) is 10.2. The first-order valence-corrected chi connectivity index (χ1v) is 7.53. The van der Waals surface area contributed by atoms with E-state index in [1.165, 1.54) is 18.3 Å². The van der Waals surface area contributed by atoms with E-state index in [1.807, 2.05) is 0 Å². The molecule has 0 spiro atoms. The lowest BCUT2D eigenvalue weighted by atomic mass is 10.2. The van der Waals surface area contributed by atoms with Gasteiger partial charge in [0.25, 0.3) is 5.91 Å². The van der Waals surface area contributed by atoms with Crippen LogP contribution in [0.3, 0.4) is 0 Å². The molecule has 1 amide bonds. The molecule has 3 rings (SSSR count). The Bertz CT molecular complexity index is 868. The van der Waals surface area contributed by atoms with E-state index < -0.39 is 0 Å². The number of nitrogens with one attached hydrogen (secondary N) is 2. The summed E-state index contributed by atoms with van der Waals surface area (Å²) in [5.74, 6) is -0.0584. The molecular formula is C18H13ClFN3O. The van der Waals surface area contributed by atoms with Gasteiger partial charge in [0.15, 0.2) is 0 Å². The van der Waals surface area contributed by atoms with E-state index in [1.54, 1.807) is 48.5 Å². The summed E-state index contributed by atoms with van der Waals surface area (Å²) in [5.41, 5.74) is 1.60. The third kappa shape index (κ3) is 4.08. The Morgan fingerprint density at radius 2 is 1.83 bits per heavy atom. The smallest absolute Gasteiger partial charge is 0.255 e. The molecule has 0 aliphatic heterocycles. The molecule has 0 atom stereocenters. The summed E-state index contributed by atoms with van der Waals surface area (Å²) in [4.78, 5) is 16.3. The van der Waals surface area contributed by atoms with Gasteiger partial charge in [-0.25, -0.2) is 9.37 Å². The number of benzene rings is 2. The summed E-state index contributed by atoms with van der Waals surface area (Å²) in [5, 5.41) is 6.22. The third-order valence-corrected chi connectivity index (χ3v) is 3.44. The van der Waals surface area contributed by atoms with Crippen LogP contribution in [-0.2, 0) is 0 Å². The largest absolute Gasteiger partial charge is 0.340 e. The number of pyridine rings is 1. The van der Waals surface area contributed by atoms with Gasteiger partial charge in [-0.3, -0.25) is 4.79 Å². The van der Waals surface area contributed by atoms with Gasteiger partial charge in [-0.1, -0.05) is 23.7 Å². The first kappa shape index (κ1) is 16.0.